The van der Waals surface area contributed by atoms with Crippen LogP contribution >= 0.6 is 8.03 Å². The minimum absolute atomic E-state index is 0.0463. The van der Waals surface area contributed by atoms with Gasteiger partial charge in [0.05, 0.1) is 6.04 Å². The first-order valence-electron chi connectivity index (χ1n) is 9.60. The lowest BCUT2D eigenvalue weighted by molar-refractivity contribution is -0.128. The van der Waals surface area contributed by atoms with E-state index in [0.717, 1.165) is 0 Å². The number of Topliss-reactive ketones (excluding diaryl/α,β-unsaturated/α-hetero) is 1. The SMILES string of the molecule is CC(C)[C@H](N)C(=O)NC(C(=O)[C@@H](Cc1ccccc1)NC(=O)OC(C)(C)C)[P+](=O)O. The molecule has 1 rings (SSSR count). The van der Waals surface area contributed by atoms with Gasteiger partial charge >= 0.3 is 19.9 Å². The van der Waals surface area contributed by atoms with Crippen LogP contribution in [0.5, 0.6) is 0 Å². The Hall–Kier alpha value is -2.35. The molecule has 1 aromatic carbocycles. The molecule has 0 fully saturated rings. The smallest absolute Gasteiger partial charge is 0.444 e. The highest BCUT2D eigenvalue weighted by Crippen LogP contribution is 2.23. The Morgan fingerprint density at radius 1 is 1.13 bits per heavy atom. The van der Waals surface area contributed by atoms with Crippen molar-refractivity contribution in [3.63, 3.8) is 0 Å². The quantitative estimate of drug-likeness (QED) is 0.428. The van der Waals surface area contributed by atoms with Crippen LogP contribution in [0.3, 0.4) is 0 Å². The lowest BCUT2D eigenvalue weighted by atomic mass is 10.0. The van der Waals surface area contributed by atoms with Gasteiger partial charge in [0.25, 0.3) is 0 Å². The van der Waals surface area contributed by atoms with E-state index in [0.29, 0.717) is 5.56 Å². The van der Waals surface area contributed by atoms with E-state index in [1.807, 2.05) is 0 Å². The number of carbonyl (C=O) groups excluding carboxylic acids is 3. The number of benzene rings is 1. The van der Waals surface area contributed by atoms with E-state index in [2.05, 4.69) is 10.6 Å². The summed E-state index contributed by atoms with van der Waals surface area (Å²) in [6, 6.07) is 6.66. The van der Waals surface area contributed by atoms with Gasteiger partial charge in [-0.15, -0.1) is 0 Å². The highest BCUT2D eigenvalue weighted by Gasteiger charge is 2.44. The fourth-order valence-electron chi connectivity index (χ4n) is 2.48. The van der Waals surface area contributed by atoms with Crippen LogP contribution in [0, 0.1) is 5.92 Å². The first-order chi connectivity index (χ1) is 13.8. The zero-order valence-electron chi connectivity index (χ0n) is 17.9. The van der Waals surface area contributed by atoms with Gasteiger partial charge in [0.1, 0.15) is 11.6 Å². The second-order valence-corrected chi connectivity index (χ2v) is 9.40. The highest BCUT2D eigenvalue weighted by molar-refractivity contribution is 7.40. The number of amides is 2. The predicted molar refractivity (Wildman–Crippen MR) is 113 cm³/mol. The molecule has 0 aromatic heterocycles. The van der Waals surface area contributed by atoms with Crippen LogP contribution in [-0.4, -0.2) is 46.1 Å². The molecule has 10 heteroatoms. The maximum absolute atomic E-state index is 13.0. The van der Waals surface area contributed by atoms with Gasteiger partial charge in [-0.2, -0.15) is 4.89 Å². The number of hydrogen-bond donors (Lipinski definition) is 4. The van der Waals surface area contributed by atoms with E-state index in [1.54, 1.807) is 65.0 Å². The fourth-order valence-corrected chi connectivity index (χ4v) is 3.12. The lowest BCUT2D eigenvalue weighted by Gasteiger charge is -2.24. The highest BCUT2D eigenvalue weighted by atomic mass is 31.1. The van der Waals surface area contributed by atoms with Gasteiger partial charge in [-0.05, 0) is 36.8 Å². The van der Waals surface area contributed by atoms with Gasteiger partial charge in [0, 0.05) is 6.42 Å². The molecule has 2 unspecified atom stereocenters. The number of nitrogens with two attached hydrogens (primary N) is 1. The van der Waals surface area contributed by atoms with Gasteiger partial charge in [-0.25, -0.2) is 4.79 Å². The molecule has 0 spiro atoms. The molecule has 0 saturated heterocycles. The molecule has 0 aliphatic heterocycles. The molecule has 0 radical (unpaired) electrons. The summed E-state index contributed by atoms with van der Waals surface area (Å²) in [5.41, 5.74) is 5.68. The summed E-state index contributed by atoms with van der Waals surface area (Å²) < 4.78 is 17.1. The zero-order chi connectivity index (χ0) is 23.1. The third kappa shape index (κ3) is 8.57. The Morgan fingerprint density at radius 3 is 2.17 bits per heavy atom. The van der Waals surface area contributed by atoms with E-state index >= 15 is 0 Å². The van der Waals surface area contributed by atoms with Gasteiger partial charge in [-0.1, -0.05) is 44.2 Å². The molecule has 4 atom stereocenters. The van der Waals surface area contributed by atoms with Crippen molar-refractivity contribution in [2.75, 3.05) is 0 Å². The van der Waals surface area contributed by atoms with Crippen molar-refractivity contribution in [3.05, 3.63) is 35.9 Å². The summed E-state index contributed by atoms with van der Waals surface area (Å²) in [6.45, 7) is 8.43. The summed E-state index contributed by atoms with van der Waals surface area (Å²) in [5.74, 6) is -3.51. The van der Waals surface area contributed by atoms with E-state index in [1.165, 1.54) is 0 Å². The summed E-state index contributed by atoms with van der Waals surface area (Å²) in [6.07, 6.45) is -0.807. The zero-order valence-corrected chi connectivity index (χ0v) is 18.8. The van der Waals surface area contributed by atoms with Crippen molar-refractivity contribution >= 4 is 25.8 Å². The summed E-state index contributed by atoms with van der Waals surface area (Å²) in [4.78, 5) is 47.2. The van der Waals surface area contributed by atoms with Gasteiger partial charge in [0.15, 0.2) is 0 Å². The molecule has 166 valence electrons. The number of alkyl carbamates (subject to hydrolysis) is 1. The van der Waals surface area contributed by atoms with E-state index in [-0.39, 0.29) is 12.3 Å². The van der Waals surface area contributed by atoms with E-state index in [9.17, 15) is 23.8 Å². The summed E-state index contributed by atoms with van der Waals surface area (Å²) in [7, 11) is -3.12. The average molecular weight is 440 g/mol. The molecule has 5 N–H and O–H groups in total. The molecule has 2 amide bonds. The monoisotopic (exact) mass is 440 g/mol. The number of hydrogen-bond acceptors (Lipinski definition) is 6. The molecule has 0 saturated carbocycles. The van der Waals surface area contributed by atoms with Crippen molar-refractivity contribution in [3.8, 4) is 0 Å². The number of nitrogens with one attached hydrogen (secondary N) is 2. The summed E-state index contributed by atoms with van der Waals surface area (Å²) in [5, 5.41) is 4.70. The number of ether oxygens (including phenoxy) is 1. The predicted octanol–water partition coefficient (Wildman–Crippen LogP) is 1.85. The van der Waals surface area contributed by atoms with Gasteiger partial charge in [0.2, 0.25) is 11.7 Å². The standard InChI is InChI=1S/C20H30N3O6P/c1-12(2)15(21)17(25)23-18(30(27)28)16(24)14(11-13-9-7-6-8-10-13)22-19(26)29-20(3,4)5/h6-10,12,14-15,18H,11,21H2,1-5H3,(H2-,22,23,25,26,27,28)/p+1/t14-,15+,18?/m1/s1. The minimum atomic E-state index is -3.12. The van der Waals surface area contributed by atoms with Gasteiger partial charge in [-0.3, -0.25) is 9.59 Å². The van der Waals surface area contributed by atoms with Crippen molar-refractivity contribution in [1.29, 1.82) is 0 Å². The Labute approximate surface area is 177 Å². The molecular weight excluding hydrogens is 409 g/mol. The van der Waals surface area contributed by atoms with E-state index in [4.69, 9.17) is 10.5 Å². The van der Waals surface area contributed by atoms with Crippen LogP contribution in [0.15, 0.2) is 30.3 Å². The fraction of sp³-hybridized carbons (Fsp3) is 0.550. The Morgan fingerprint density at radius 2 is 1.70 bits per heavy atom. The van der Waals surface area contributed by atoms with Crippen LogP contribution in [0.4, 0.5) is 4.79 Å². The third-order valence-electron chi connectivity index (χ3n) is 4.11. The molecule has 0 bridgehead atoms. The van der Waals surface area contributed by atoms with Crippen LogP contribution < -0.4 is 16.4 Å². The topological polar surface area (TPSA) is 148 Å². The summed E-state index contributed by atoms with van der Waals surface area (Å²) >= 11 is 0. The second-order valence-electron chi connectivity index (χ2n) is 8.27. The molecule has 0 aliphatic rings. The number of carbonyl (C=O) groups is 3. The first-order valence-corrected chi connectivity index (χ1v) is 10.9. The molecule has 30 heavy (non-hydrogen) atoms. The molecular formula is C20H31N3O6P+. The van der Waals surface area contributed by atoms with Crippen LogP contribution in [-0.2, 0) is 25.3 Å². The largest absolute Gasteiger partial charge is 0.539 e. The Balaban J connectivity index is 3.11. The lowest BCUT2D eigenvalue weighted by Crippen LogP contribution is -2.54. The second kappa shape index (κ2) is 11.2. The van der Waals surface area contributed by atoms with Crippen molar-refractivity contribution in [2.45, 2.75) is 64.5 Å². The van der Waals surface area contributed by atoms with E-state index < -0.39 is 49.3 Å². The minimum Gasteiger partial charge on any atom is -0.444 e. The molecule has 0 aliphatic carbocycles. The maximum Gasteiger partial charge on any atom is 0.539 e. The normalized spacial score (nSPS) is 15.0. The Kier molecular flexibility index (Phi) is 9.55. The van der Waals surface area contributed by atoms with Crippen LogP contribution in [0.2, 0.25) is 0 Å². The maximum atomic E-state index is 13.0. The number of ketones is 1. The molecule has 0 heterocycles. The van der Waals surface area contributed by atoms with Crippen molar-refractivity contribution in [2.24, 2.45) is 11.7 Å². The molecule has 9 nitrogen and oxygen atoms in total. The number of rotatable bonds is 9. The van der Waals surface area contributed by atoms with Crippen molar-refractivity contribution < 1.29 is 28.6 Å². The Bertz CT molecular complexity index is 764. The van der Waals surface area contributed by atoms with Crippen LogP contribution in [0.25, 0.3) is 0 Å². The van der Waals surface area contributed by atoms with Gasteiger partial charge < -0.3 is 21.1 Å². The average Bonchev–Trinajstić information content (AvgIpc) is 2.63. The third-order valence-corrected chi connectivity index (χ3v) is 4.93. The van der Waals surface area contributed by atoms with Crippen molar-refractivity contribution in [1.82, 2.24) is 10.6 Å². The van der Waals surface area contributed by atoms with Crippen LogP contribution in [0.1, 0.15) is 40.2 Å². The first kappa shape index (κ1) is 25.7. The molecule has 1 aromatic rings.